The number of carbonyl (C=O) groups is 1. The van der Waals surface area contributed by atoms with Gasteiger partial charge >= 0.3 is 0 Å². The van der Waals surface area contributed by atoms with Crippen LogP contribution in [0.2, 0.25) is 0 Å². The van der Waals surface area contributed by atoms with Crippen LogP contribution in [-0.4, -0.2) is 34.1 Å². The monoisotopic (exact) mass is 338 g/mol. The molecule has 0 aliphatic rings. The van der Waals surface area contributed by atoms with Crippen molar-refractivity contribution in [3.63, 3.8) is 0 Å². The van der Waals surface area contributed by atoms with Crippen LogP contribution in [0.1, 0.15) is 20.8 Å². The lowest BCUT2D eigenvalue weighted by molar-refractivity contribution is -0.114. The fraction of sp³-hybridized carbons (Fsp3) is 0.263. The Labute approximate surface area is 146 Å². The maximum absolute atomic E-state index is 11.6. The van der Waals surface area contributed by atoms with E-state index in [1.165, 1.54) is 6.92 Å². The molecule has 0 aliphatic heterocycles. The molecule has 0 radical (unpaired) electrons. The molecule has 0 saturated heterocycles. The van der Waals surface area contributed by atoms with Crippen molar-refractivity contribution in [2.24, 2.45) is 0 Å². The van der Waals surface area contributed by atoms with E-state index in [0.717, 1.165) is 46.9 Å². The predicted octanol–water partition coefficient (Wildman–Crippen LogP) is 3.74. The summed E-state index contributed by atoms with van der Waals surface area (Å²) >= 11 is 0. The summed E-state index contributed by atoms with van der Waals surface area (Å²) in [7, 11) is 0. The normalized spacial score (nSPS) is 10.8. The third kappa shape index (κ3) is 3.42. The molecule has 3 N–H and O–H groups in total. The highest BCUT2D eigenvalue weighted by atomic mass is 16.3. The zero-order valence-corrected chi connectivity index (χ0v) is 14.6. The second kappa shape index (κ2) is 6.84. The molecule has 1 aromatic heterocycles. The quantitative estimate of drug-likeness (QED) is 0.662. The number of H-pyrrole nitrogens is 1. The van der Waals surface area contributed by atoms with Crippen molar-refractivity contribution in [1.82, 2.24) is 9.97 Å². The number of phenols is 1. The van der Waals surface area contributed by atoms with E-state index in [1.807, 2.05) is 24.3 Å². The van der Waals surface area contributed by atoms with Crippen molar-refractivity contribution in [2.75, 3.05) is 23.3 Å². The van der Waals surface area contributed by atoms with E-state index in [9.17, 15) is 9.90 Å². The van der Waals surface area contributed by atoms with Crippen LogP contribution in [0.4, 0.5) is 11.4 Å². The minimum Gasteiger partial charge on any atom is -0.508 e. The summed E-state index contributed by atoms with van der Waals surface area (Å²) in [5, 5.41) is 12.3. The van der Waals surface area contributed by atoms with Crippen molar-refractivity contribution < 1.29 is 9.90 Å². The van der Waals surface area contributed by atoms with Gasteiger partial charge in [-0.2, -0.15) is 0 Å². The first kappa shape index (κ1) is 16.8. The highest BCUT2D eigenvalue weighted by molar-refractivity contribution is 5.98. The Morgan fingerprint density at radius 2 is 1.88 bits per heavy atom. The summed E-state index contributed by atoms with van der Waals surface area (Å²) in [5.41, 5.74) is 4.29. The van der Waals surface area contributed by atoms with Gasteiger partial charge in [0, 0.05) is 25.6 Å². The van der Waals surface area contributed by atoms with Crippen LogP contribution in [-0.2, 0) is 4.79 Å². The molecule has 0 atom stereocenters. The van der Waals surface area contributed by atoms with Crippen molar-refractivity contribution in [2.45, 2.75) is 20.8 Å². The summed E-state index contributed by atoms with van der Waals surface area (Å²) in [5.74, 6) is 0.833. The number of anilines is 2. The van der Waals surface area contributed by atoms with Crippen molar-refractivity contribution in [3.8, 4) is 17.1 Å². The largest absolute Gasteiger partial charge is 0.508 e. The van der Waals surface area contributed by atoms with Crippen LogP contribution in [0, 0.1) is 0 Å². The number of nitrogens with zero attached hydrogens (tertiary/aromatic N) is 2. The topological polar surface area (TPSA) is 81.2 Å². The van der Waals surface area contributed by atoms with Gasteiger partial charge in [0.2, 0.25) is 5.91 Å². The van der Waals surface area contributed by atoms with Gasteiger partial charge in [0.1, 0.15) is 11.6 Å². The van der Waals surface area contributed by atoms with Crippen LogP contribution in [0.3, 0.4) is 0 Å². The molecule has 0 aliphatic carbocycles. The first-order valence-corrected chi connectivity index (χ1v) is 8.37. The maximum atomic E-state index is 11.6. The number of hydrogen-bond acceptors (Lipinski definition) is 4. The van der Waals surface area contributed by atoms with Gasteiger partial charge in [-0.3, -0.25) is 4.79 Å². The Balaban J connectivity index is 2.12. The van der Waals surface area contributed by atoms with Gasteiger partial charge in [-0.05, 0) is 50.2 Å². The van der Waals surface area contributed by atoms with Crippen LogP contribution in [0.5, 0.6) is 5.75 Å². The molecule has 3 aromatic rings. The molecular formula is C19H22N4O2. The summed E-state index contributed by atoms with van der Waals surface area (Å²) in [6, 6.07) is 10.8. The second-order valence-electron chi connectivity index (χ2n) is 5.87. The van der Waals surface area contributed by atoms with Gasteiger partial charge in [-0.15, -0.1) is 0 Å². The number of aromatic hydroxyl groups is 1. The van der Waals surface area contributed by atoms with Gasteiger partial charge in [0.05, 0.1) is 22.4 Å². The molecule has 1 heterocycles. The lowest BCUT2D eigenvalue weighted by Gasteiger charge is -2.24. The van der Waals surface area contributed by atoms with Gasteiger partial charge in [0.25, 0.3) is 0 Å². The van der Waals surface area contributed by atoms with E-state index in [-0.39, 0.29) is 11.7 Å². The molecule has 0 fully saturated rings. The number of aromatic nitrogens is 2. The minimum absolute atomic E-state index is 0.109. The zero-order chi connectivity index (χ0) is 18.0. The number of phenolic OH excluding ortho intramolecular Hbond substituents is 1. The summed E-state index contributed by atoms with van der Waals surface area (Å²) in [6.45, 7) is 7.35. The van der Waals surface area contributed by atoms with Crippen LogP contribution in [0.25, 0.3) is 22.4 Å². The van der Waals surface area contributed by atoms with E-state index in [2.05, 4.69) is 34.0 Å². The van der Waals surface area contributed by atoms with Crippen molar-refractivity contribution in [1.29, 1.82) is 0 Å². The number of rotatable bonds is 5. The second-order valence-corrected chi connectivity index (χ2v) is 5.87. The molecule has 0 spiro atoms. The molecule has 6 nitrogen and oxygen atoms in total. The average Bonchev–Trinajstić information content (AvgIpc) is 2.99. The third-order valence-corrected chi connectivity index (χ3v) is 4.15. The number of aromatic amines is 1. The van der Waals surface area contributed by atoms with Crippen LogP contribution >= 0.6 is 0 Å². The van der Waals surface area contributed by atoms with E-state index < -0.39 is 0 Å². The number of hydrogen-bond donors (Lipinski definition) is 3. The average molecular weight is 338 g/mol. The Hall–Kier alpha value is -3.02. The number of amides is 1. The molecule has 1 amide bonds. The Morgan fingerprint density at radius 1 is 1.20 bits per heavy atom. The first-order chi connectivity index (χ1) is 12.0. The van der Waals surface area contributed by atoms with Gasteiger partial charge in [-0.25, -0.2) is 4.98 Å². The van der Waals surface area contributed by atoms with Gasteiger partial charge in [0.15, 0.2) is 0 Å². The van der Waals surface area contributed by atoms with Crippen molar-refractivity contribution >= 4 is 28.3 Å². The molecular weight excluding hydrogens is 316 g/mol. The summed E-state index contributed by atoms with van der Waals surface area (Å²) in [6.07, 6.45) is 0. The molecule has 6 heteroatoms. The SMILES string of the molecule is CCN(CC)c1cc2[nH]c(-c3ccc(O)cc3)nc2cc1NC(C)=O. The highest BCUT2D eigenvalue weighted by Gasteiger charge is 2.14. The predicted molar refractivity (Wildman–Crippen MR) is 101 cm³/mol. The fourth-order valence-corrected chi connectivity index (χ4v) is 2.92. The summed E-state index contributed by atoms with van der Waals surface area (Å²) < 4.78 is 0. The Morgan fingerprint density at radius 3 is 2.48 bits per heavy atom. The van der Waals surface area contributed by atoms with Crippen LogP contribution in [0.15, 0.2) is 36.4 Å². The Bertz CT molecular complexity index is 896. The number of carbonyl (C=O) groups excluding carboxylic acids is 1. The highest BCUT2D eigenvalue weighted by Crippen LogP contribution is 2.32. The molecule has 0 bridgehead atoms. The number of benzene rings is 2. The standard InChI is InChI=1S/C19H22N4O2/c1-4-23(5-2)18-11-16-15(10-17(18)20-12(3)24)21-19(22-16)13-6-8-14(25)9-7-13/h6-11,25H,4-5H2,1-3H3,(H,20,24)(H,21,22). The first-order valence-electron chi connectivity index (χ1n) is 8.37. The molecule has 130 valence electrons. The van der Waals surface area contributed by atoms with E-state index in [1.54, 1.807) is 12.1 Å². The van der Waals surface area contributed by atoms with E-state index in [4.69, 9.17) is 0 Å². The van der Waals surface area contributed by atoms with Gasteiger partial charge < -0.3 is 20.3 Å². The molecule has 0 saturated carbocycles. The number of nitrogens with one attached hydrogen (secondary N) is 2. The molecule has 25 heavy (non-hydrogen) atoms. The number of fused-ring (bicyclic) bond motifs is 1. The summed E-state index contributed by atoms with van der Waals surface area (Å²) in [4.78, 5) is 21.7. The lowest BCUT2D eigenvalue weighted by atomic mass is 10.2. The minimum atomic E-state index is -0.109. The number of imidazole rings is 1. The van der Waals surface area contributed by atoms with Gasteiger partial charge in [-0.1, -0.05) is 0 Å². The van der Waals surface area contributed by atoms with Crippen molar-refractivity contribution in [3.05, 3.63) is 36.4 Å². The fourth-order valence-electron chi connectivity index (χ4n) is 2.92. The molecule has 3 rings (SSSR count). The molecule has 2 aromatic carbocycles. The van der Waals surface area contributed by atoms with E-state index >= 15 is 0 Å². The smallest absolute Gasteiger partial charge is 0.221 e. The third-order valence-electron chi connectivity index (χ3n) is 4.15. The lowest BCUT2D eigenvalue weighted by Crippen LogP contribution is -2.23. The zero-order valence-electron chi connectivity index (χ0n) is 14.6. The maximum Gasteiger partial charge on any atom is 0.221 e. The van der Waals surface area contributed by atoms with Crippen LogP contribution < -0.4 is 10.2 Å². The Kier molecular flexibility index (Phi) is 4.61. The van der Waals surface area contributed by atoms with E-state index in [0.29, 0.717) is 0 Å². The molecule has 0 unspecified atom stereocenters.